The number of rotatable bonds is 3. The number of ether oxygens (including phenoxy) is 1. The molecule has 1 heterocycles. The van der Waals surface area contributed by atoms with Crippen LogP contribution in [0.1, 0.15) is 18.4 Å². The number of carbonyl (C=O) groups excluding carboxylic acids is 1. The summed E-state index contributed by atoms with van der Waals surface area (Å²) in [5.74, 6) is -0.181. The van der Waals surface area contributed by atoms with Crippen LogP contribution in [0.3, 0.4) is 0 Å². The normalized spacial score (nSPS) is 15.5. The summed E-state index contributed by atoms with van der Waals surface area (Å²) in [5, 5.41) is 0. The SMILES string of the molecule is O=C(COc1cc(C(F)(F)F)ccc1Br)N1CCCC1. The minimum atomic E-state index is -4.43. The van der Waals surface area contributed by atoms with Gasteiger partial charge in [0.25, 0.3) is 5.91 Å². The molecule has 1 saturated heterocycles. The lowest BCUT2D eigenvalue weighted by atomic mass is 10.2. The summed E-state index contributed by atoms with van der Waals surface area (Å²) in [6, 6.07) is 3.11. The van der Waals surface area contributed by atoms with Gasteiger partial charge in [-0.25, -0.2) is 0 Å². The molecule has 110 valence electrons. The molecule has 1 aromatic rings. The number of amides is 1. The molecule has 1 aliphatic heterocycles. The van der Waals surface area contributed by atoms with Crippen LogP contribution in [0.25, 0.3) is 0 Å². The van der Waals surface area contributed by atoms with E-state index in [0.29, 0.717) is 17.6 Å². The van der Waals surface area contributed by atoms with Crippen LogP contribution in [0.5, 0.6) is 5.75 Å². The van der Waals surface area contributed by atoms with Gasteiger partial charge in [0.05, 0.1) is 10.0 Å². The Morgan fingerprint density at radius 1 is 1.30 bits per heavy atom. The molecule has 7 heteroatoms. The van der Waals surface area contributed by atoms with E-state index < -0.39 is 11.7 Å². The second-order valence-electron chi connectivity index (χ2n) is 4.52. The van der Waals surface area contributed by atoms with E-state index in [4.69, 9.17) is 4.74 Å². The summed E-state index contributed by atoms with van der Waals surface area (Å²) in [6.45, 7) is 1.12. The summed E-state index contributed by atoms with van der Waals surface area (Å²) >= 11 is 3.11. The molecule has 1 amide bonds. The minimum Gasteiger partial charge on any atom is -0.483 e. The van der Waals surface area contributed by atoms with Gasteiger partial charge in [0.15, 0.2) is 6.61 Å². The van der Waals surface area contributed by atoms with Crippen molar-refractivity contribution in [2.45, 2.75) is 19.0 Å². The Hall–Kier alpha value is -1.24. The van der Waals surface area contributed by atoms with Gasteiger partial charge in [0.1, 0.15) is 5.75 Å². The molecule has 0 spiro atoms. The van der Waals surface area contributed by atoms with Gasteiger partial charge in [0.2, 0.25) is 0 Å². The first-order chi connectivity index (χ1) is 9.38. The molecule has 1 aromatic carbocycles. The maximum Gasteiger partial charge on any atom is 0.416 e. The summed E-state index contributed by atoms with van der Waals surface area (Å²) in [6.07, 6.45) is -2.52. The number of benzene rings is 1. The van der Waals surface area contributed by atoms with Crippen molar-refractivity contribution in [2.24, 2.45) is 0 Å². The van der Waals surface area contributed by atoms with Gasteiger partial charge < -0.3 is 9.64 Å². The zero-order valence-corrected chi connectivity index (χ0v) is 12.1. The number of hydrogen-bond acceptors (Lipinski definition) is 2. The molecule has 0 N–H and O–H groups in total. The van der Waals surface area contributed by atoms with E-state index in [2.05, 4.69) is 15.9 Å². The molecule has 0 saturated carbocycles. The second-order valence-corrected chi connectivity index (χ2v) is 5.37. The third-order valence-electron chi connectivity index (χ3n) is 3.07. The van der Waals surface area contributed by atoms with Crippen molar-refractivity contribution in [1.29, 1.82) is 0 Å². The molecule has 0 atom stereocenters. The maximum atomic E-state index is 12.6. The Morgan fingerprint density at radius 3 is 2.55 bits per heavy atom. The van der Waals surface area contributed by atoms with E-state index in [-0.39, 0.29) is 18.3 Å². The zero-order chi connectivity index (χ0) is 14.8. The average Bonchev–Trinajstić information content (AvgIpc) is 2.90. The minimum absolute atomic E-state index is 0.0207. The lowest BCUT2D eigenvalue weighted by Gasteiger charge is -2.16. The number of nitrogens with zero attached hydrogens (tertiary/aromatic N) is 1. The fraction of sp³-hybridized carbons (Fsp3) is 0.462. The van der Waals surface area contributed by atoms with Crippen LogP contribution in [0.2, 0.25) is 0 Å². The summed E-state index contributed by atoms with van der Waals surface area (Å²) in [7, 11) is 0. The maximum absolute atomic E-state index is 12.6. The highest BCUT2D eigenvalue weighted by atomic mass is 79.9. The third-order valence-corrected chi connectivity index (χ3v) is 3.72. The molecule has 0 bridgehead atoms. The van der Waals surface area contributed by atoms with E-state index in [1.54, 1.807) is 4.90 Å². The highest BCUT2D eigenvalue weighted by Crippen LogP contribution is 2.35. The lowest BCUT2D eigenvalue weighted by Crippen LogP contribution is -2.32. The van der Waals surface area contributed by atoms with Crippen LogP contribution < -0.4 is 4.74 Å². The quantitative estimate of drug-likeness (QED) is 0.834. The van der Waals surface area contributed by atoms with Crippen molar-refractivity contribution in [3.05, 3.63) is 28.2 Å². The van der Waals surface area contributed by atoms with E-state index in [0.717, 1.165) is 25.0 Å². The number of alkyl halides is 3. The first-order valence-electron chi connectivity index (χ1n) is 6.15. The Balaban J connectivity index is 2.03. The molecular weight excluding hydrogens is 339 g/mol. The predicted molar refractivity (Wildman–Crippen MR) is 70.5 cm³/mol. The number of carbonyl (C=O) groups is 1. The van der Waals surface area contributed by atoms with Crippen molar-refractivity contribution in [3.8, 4) is 5.75 Å². The van der Waals surface area contributed by atoms with Gasteiger partial charge in [0, 0.05) is 13.1 Å². The van der Waals surface area contributed by atoms with Crippen LogP contribution in [0.15, 0.2) is 22.7 Å². The Labute approximate surface area is 122 Å². The van der Waals surface area contributed by atoms with Gasteiger partial charge in [-0.2, -0.15) is 13.2 Å². The van der Waals surface area contributed by atoms with Crippen molar-refractivity contribution in [1.82, 2.24) is 4.90 Å². The first-order valence-corrected chi connectivity index (χ1v) is 6.94. The van der Waals surface area contributed by atoms with Crippen LogP contribution in [0, 0.1) is 0 Å². The molecule has 20 heavy (non-hydrogen) atoms. The topological polar surface area (TPSA) is 29.5 Å². The monoisotopic (exact) mass is 351 g/mol. The van der Waals surface area contributed by atoms with Crippen molar-refractivity contribution in [2.75, 3.05) is 19.7 Å². The van der Waals surface area contributed by atoms with Crippen LogP contribution in [0.4, 0.5) is 13.2 Å². The Bertz CT molecular complexity index is 499. The van der Waals surface area contributed by atoms with E-state index in [1.807, 2.05) is 0 Å². The van der Waals surface area contributed by atoms with Gasteiger partial charge in [-0.05, 0) is 47.0 Å². The largest absolute Gasteiger partial charge is 0.483 e. The van der Waals surface area contributed by atoms with Crippen molar-refractivity contribution >= 4 is 21.8 Å². The molecule has 0 aromatic heterocycles. The van der Waals surface area contributed by atoms with Crippen LogP contribution in [-0.2, 0) is 11.0 Å². The highest BCUT2D eigenvalue weighted by Gasteiger charge is 2.31. The number of hydrogen-bond donors (Lipinski definition) is 0. The fourth-order valence-corrected chi connectivity index (χ4v) is 2.35. The summed E-state index contributed by atoms with van der Waals surface area (Å²) in [5.41, 5.74) is -0.802. The molecule has 0 unspecified atom stereocenters. The standard InChI is InChI=1S/C13H13BrF3NO2/c14-10-4-3-9(13(15,16)17)7-11(10)20-8-12(19)18-5-1-2-6-18/h3-4,7H,1-2,5-6,8H2. The lowest BCUT2D eigenvalue weighted by molar-refractivity contribution is -0.137. The fourth-order valence-electron chi connectivity index (χ4n) is 1.99. The molecular formula is C13H13BrF3NO2. The molecule has 1 aliphatic rings. The van der Waals surface area contributed by atoms with Gasteiger partial charge in [-0.1, -0.05) is 0 Å². The number of halogens is 4. The summed E-state index contributed by atoms with van der Waals surface area (Å²) < 4.78 is 43.4. The van der Waals surface area contributed by atoms with Crippen molar-refractivity contribution in [3.63, 3.8) is 0 Å². The molecule has 1 fully saturated rings. The van der Waals surface area contributed by atoms with Crippen molar-refractivity contribution < 1.29 is 22.7 Å². The highest BCUT2D eigenvalue weighted by molar-refractivity contribution is 9.10. The first kappa shape index (κ1) is 15.2. The Morgan fingerprint density at radius 2 is 1.95 bits per heavy atom. The molecule has 0 aliphatic carbocycles. The van der Waals surface area contributed by atoms with E-state index in [9.17, 15) is 18.0 Å². The predicted octanol–water partition coefficient (Wildman–Crippen LogP) is 3.47. The van der Waals surface area contributed by atoms with Crippen LogP contribution >= 0.6 is 15.9 Å². The van der Waals surface area contributed by atoms with Gasteiger partial charge >= 0.3 is 6.18 Å². The van der Waals surface area contributed by atoms with Gasteiger partial charge in [-0.3, -0.25) is 4.79 Å². The smallest absolute Gasteiger partial charge is 0.416 e. The van der Waals surface area contributed by atoms with Crippen LogP contribution in [-0.4, -0.2) is 30.5 Å². The number of likely N-dealkylation sites (tertiary alicyclic amines) is 1. The molecule has 2 rings (SSSR count). The molecule has 3 nitrogen and oxygen atoms in total. The second kappa shape index (κ2) is 6.03. The average molecular weight is 352 g/mol. The zero-order valence-electron chi connectivity index (χ0n) is 10.5. The Kier molecular flexibility index (Phi) is 4.57. The third kappa shape index (κ3) is 3.65. The van der Waals surface area contributed by atoms with E-state index in [1.165, 1.54) is 6.07 Å². The molecule has 0 radical (unpaired) electrons. The summed E-state index contributed by atoms with van der Waals surface area (Å²) in [4.78, 5) is 13.4. The van der Waals surface area contributed by atoms with E-state index >= 15 is 0 Å². The van der Waals surface area contributed by atoms with Gasteiger partial charge in [-0.15, -0.1) is 0 Å².